The van der Waals surface area contributed by atoms with E-state index in [1.54, 1.807) is 11.8 Å². The molecular weight excluding hydrogens is 324 g/mol. The second-order valence-electron chi connectivity index (χ2n) is 4.81. The summed E-state index contributed by atoms with van der Waals surface area (Å²) in [6, 6.07) is 25.8. The summed E-state index contributed by atoms with van der Waals surface area (Å²) in [6.07, 6.45) is 1.83. The van der Waals surface area contributed by atoms with Crippen LogP contribution in [0.3, 0.4) is 0 Å². The predicted molar refractivity (Wildman–Crippen MR) is 99.7 cm³/mol. The zero-order chi connectivity index (χ0) is 15.9. The van der Waals surface area contributed by atoms with Crippen molar-refractivity contribution in [1.82, 2.24) is 0 Å². The normalized spacial score (nSPS) is 10.8. The molecule has 3 aromatic carbocycles. The molecule has 2 nitrogen and oxygen atoms in total. The Kier molecular flexibility index (Phi) is 5.35. The summed E-state index contributed by atoms with van der Waals surface area (Å²) in [7, 11) is 0. The Hall–Kier alpha value is -2.23. The van der Waals surface area contributed by atoms with Gasteiger partial charge in [-0.3, -0.25) is 5.43 Å². The molecule has 23 heavy (non-hydrogen) atoms. The third-order valence-corrected chi connectivity index (χ3v) is 4.76. The van der Waals surface area contributed by atoms with Crippen LogP contribution >= 0.6 is 23.4 Å². The quantitative estimate of drug-likeness (QED) is 0.460. The second kappa shape index (κ2) is 7.86. The van der Waals surface area contributed by atoms with Gasteiger partial charge in [0.25, 0.3) is 0 Å². The van der Waals surface area contributed by atoms with Crippen molar-refractivity contribution in [2.75, 3.05) is 5.43 Å². The molecule has 0 aliphatic rings. The van der Waals surface area contributed by atoms with Crippen LogP contribution in [-0.2, 0) is 0 Å². The molecule has 3 aromatic rings. The van der Waals surface area contributed by atoms with Gasteiger partial charge in [-0.05, 0) is 30.3 Å². The molecule has 0 spiro atoms. The molecule has 0 heterocycles. The number of benzene rings is 3. The molecule has 3 rings (SSSR count). The first-order valence-electron chi connectivity index (χ1n) is 7.18. The van der Waals surface area contributed by atoms with Gasteiger partial charge in [-0.25, -0.2) is 0 Å². The van der Waals surface area contributed by atoms with Gasteiger partial charge in [0.05, 0.1) is 16.9 Å². The molecule has 0 aliphatic carbocycles. The van der Waals surface area contributed by atoms with Crippen LogP contribution in [-0.4, -0.2) is 6.21 Å². The van der Waals surface area contributed by atoms with Gasteiger partial charge in [0.15, 0.2) is 0 Å². The molecule has 0 aromatic heterocycles. The molecule has 0 bridgehead atoms. The zero-order valence-corrected chi connectivity index (χ0v) is 13.9. The topological polar surface area (TPSA) is 24.4 Å². The van der Waals surface area contributed by atoms with Crippen LogP contribution in [0.1, 0.15) is 5.56 Å². The van der Waals surface area contributed by atoms with Crippen molar-refractivity contribution in [2.24, 2.45) is 5.10 Å². The number of rotatable bonds is 5. The van der Waals surface area contributed by atoms with Crippen molar-refractivity contribution in [2.45, 2.75) is 9.79 Å². The molecule has 0 saturated heterocycles. The van der Waals surface area contributed by atoms with Crippen molar-refractivity contribution >= 4 is 35.3 Å². The highest BCUT2D eigenvalue weighted by molar-refractivity contribution is 7.99. The number of nitrogens with one attached hydrogen (secondary N) is 1. The number of halogens is 1. The first-order valence-corrected chi connectivity index (χ1v) is 8.38. The monoisotopic (exact) mass is 338 g/mol. The SMILES string of the molecule is Clc1ccccc1Sc1ccccc1C=NNc1ccccc1. The summed E-state index contributed by atoms with van der Waals surface area (Å²) in [5.41, 5.74) is 5.03. The van der Waals surface area contributed by atoms with Crippen LogP contribution in [0.25, 0.3) is 0 Å². The Labute approximate surface area is 145 Å². The maximum atomic E-state index is 6.24. The fraction of sp³-hybridized carbons (Fsp3) is 0. The fourth-order valence-corrected chi connectivity index (χ4v) is 3.20. The lowest BCUT2D eigenvalue weighted by atomic mass is 10.2. The first-order chi connectivity index (χ1) is 11.3. The van der Waals surface area contributed by atoms with Crippen molar-refractivity contribution in [3.05, 3.63) is 89.4 Å². The number of hydrazone groups is 1. The average molecular weight is 339 g/mol. The van der Waals surface area contributed by atoms with Crippen LogP contribution in [0, 0.1) is 0 Å². The van der Waals surface area contributed by atoms with Gasteiger partial charge in [-0.1, -0.05) is 71.9 Å². The molecule has 0 atom stereocenters. The van der Waals surface area contributed by atoms with Crippen molar-refractivity contribution in [1.29, 1.82) is 0 Å². The maximum Gasteiger partial charge on any atom is 0.0561 e. The van der Waals surface area contributed by atoms with E-state index in [9.17, 15) is 0 Å². The van der Waals surface area contributed by atoms with Crippen molar-refractivity contribution in [3.63, 3.8) is 0 Å². The summed E-state index contributed by atoms with van der Waals surface area (Å²) in [6.45, 7) is 0. The molecule has 0 unspecified atom stereocenters. The van der Waals surface area contributed by atoms with Gasteiger partial charge < -0.3 is 0 Å². The van der Waals surface area contributed by atoms with Crippen molar-refractivity contribution < 1.29 is 0 Å². The lowest BCUT2D eigenvalue weighted by molar-refractivity contribution is 1.33. The van der Waals surface area contributed by atoms with Crippen LogP contribution in [0.4, 0.5) is 5.69 Å². The molecule has 0 fully saturated rings. The van der Waals surface area contributed by atoms with E-state index in [4.69, 9.17) is 11.6 Å². The van der Waals surface area contributed by atoms with Gasteiger partial charge in [-0.2, -0.15) is 5.10 Å². The largest absolute Gasteiger partial charge is 0.279 e. The standard InChI is InChI=1S/C19H15ClN2S/c20-17-11-5-7-13-19(17)23-18-12-6-4-8-15(18)14-21-22-16-9-2-1-3-10-16/h1-14,22H. The molecule has 4 heteroatoms. The minimum atomic E-state index is 0.756. The van der Waals surface area contributed by atoms with Crippen LogP contribution in [0.15, 0.2) is 93.8 Å². The second-order valence-corrected chi connectivity index (χ2v) is 6.30. The van der Waals surface area contributed by atoms with E-state index in [-0.39, 0.29) is 0 Å². The van der Waals surface area contributed by atoms with Gasteiger partial charge in [-0.15, -0.1) is 0 Å². The highest BCUT2D eigenvalue weighted by Gasteiger charge is 2.05. The van der Waals surface area contributed by atoms with Gasteiger partial charge in [0.2, 0.25) is 0 Å². The minimum Gasteiger partial charge on any atom is -0.279 e. The summed E-state index contributed by atoms with van der Waals surface area (Å²) >= 11 is 7.88. The van der Waals surface area contributed by atoms with E-state index < -0.39 is 0 Å². The molecule has 0 amide bonds. The Morgan fingerprint density at radius 2 is 1.43 bits per heavy atom. The summed E-state index contributed by atoms with van der Waals surface area (Å²) in [5.74, 6) is 0. The highest BCUT2D eigenvalue weighted by atomic mass is 35.5. The number of para-hydroxylation sites is 1. The third kappa shape index (κ3) is 4.38. The Morgan fingerprint density at radius 1 is 0.783 bits per heavy atom. The van der Waals surface area contributed by atoms with Gasteiger partial charge in [0.1, 0.15) is 0 Å². The smallest absolute Gasteiger partial charge is 0.0561 e. The van der Waals surface area contributed by atoms with E-state index in [1.165, 1.54) is 0 Å². The maximum absolute atomic E-state index is 6.24. The third-order valence-electron chi connectivity index (χ3n) is 3.15. The summed E-state index contributed by atoms with van der Waals surface area (Å²) in [4.78, 5) is 2.14. The van der Waals surface area contributed by atoms with Crippen molar-refractivity contribution in [3.8, 4) is 0 Å². The van der Waals surface area contributed by atoms with Crippen LogP contribution in [0.2, 0.25) is 5.02 Å². The molecule has 114 valence electrons. The Morgan fingerprint density at radius 3 is 2.22 bits per heavy atom. The molecule has 0 radical (unpaired) electrons. The van der Waals surface area contributed by atoms with E-state index in [0.29, 0.717) is 0 Å². The summed E-state index contributed by atoms with van der Waals surface area (Å²) < 4.78 is 0. The fourth-order valence-electron chi connectivity index (χ4n) is 2.02. The number of nitrogens with zero attached hydrogens (tertiary/aromatic N) is 1. The van der Waals surface area contributed by atoms with Crippen LogP contribution < -0.4 is 5.43 Å². The zero-order valence-electron chi connectivity index (χ0n) is 12.3. The minimum absolute atomic E-state index is 0.756. The van der Waals surface area contributed by atoms with Gasteiger partial charge >= 0.3 is 0 Å². The number of hydrogen-bond acceptors (Lipinski definition) is 3. The number of hydrogen-bond donors (Lipinski definition) is 1. The Balaban J connectivity index is 1.77. The highest BCUT2D eigenvalue weighted by Crippen LogP contribution is 2.34. The summed E-state index contributed by atoms with van der Waals surface area (Å²) in [5, 5.41) is 5.07. The number of anilines is 1. The molecule has 1 N–H and O–H groups in total. The van der Waals surface area contributed by atoms with Crippen LogP contribution in [0.5, 0.6) is 0 Å². The lowest BCUT2D eigenvalue weighted by Crippen LogP contribution is -1.91. The van der Waals surface area contributed by atoms with E-state index in [1.807, 2.05) is 79.0 Å². The van der Waals surface area contributed by atoms with E-state index in [2.05, 4.69) is 16.6 Å². The predicted octanol–water partition coefficient (Wildman–Crippen LogP) is 5.94. The lowest BCUT2D eigenvalue weighted by Gasteiger charge is -2.07. The van der Waals surface area contributed by atoms with E-state index >= 15 is 0 Å². The van der Waals surface area contributed by atoms with E-state index in [0.717, 1.165) is 26.1 Å². The molecule has 0 aliphatic heterocycles. The average Bonchev–Trinajstić information content (AvgIpc) is 2.59. The molecular formula is C19H15ClN2S. The van der Waals surface area contributed by atoms with Gasteiger partial charge in [0, 0.05) is 15.4 Å². The Bertz CT molecular complexity index is 803. The molecule has 0 saturated carbocycles. The first kappa shape index (κ1) is 15.7.